The zero-order chi connectivity index (χ0) is 15.1. The molecule has 1 aliphatic rings. The lowest BCUT2D eigenvalue weighted by atomic mass is 10.2. The molecule has 0 spiro atoms. The molecule has 0 aliphatic carbocycles. The van der Waals surface area contributed by atoms with Gasteiger partial charge in [-0.3, -0.25) is 9.88 Å². The van der Waals surface area contributed by atoms with E-state index in [9.17, 15) is 0 Å². The Morgan fingerprint density at radius 3 is 3.29 bits per heavy atom. The van der Waals surface area contributed by atoms with Crippen LogP contribution in [0, 0.1) is 0 Å². The zero-order valence-corrected chi connectivity index (χ0v) is 12.3. The van der Waals surface area contributed by atoms with E-state index in [1.807, 2.05) is 12.1 Å². The van der Waals surface area contributed by atoms with Crippen molar-refractivity contribution in [2.45, 2.75) is 19.6 Å². The number of nitrogens with two attached hydrogens (primary N) is 1. The van der Waals surface area contributed by atoms with Gasteiger partial charge in [-0.1, -0.05) is 12.1 Å². The van der Waals surface area contributed by atoms with Gasteiger partial charge in [0, 0.05) is 32.4 Å². The Morgan fingerprint density at radius 2 is 2.52 bits per heavy atom. The number of nitrogens with one attached hydrogen (secondary N) is 1. The van der Waals surface area contributed by atoms with Crippen LogP contribution >= 0.6 is 0 Å². The van der Waals surface area contributed by atoms with Crippen LogP contribution in [0.3, 0.4) is 0 Å². The molecule has 0 aromatic carbocycles. The van der Waals surface area contributed by atoms with Crippen LogP contribution in [0.2, 0.25) is 0 Å². The van der Waals surface area contributed by atoms with Gasteiger partial charge in [0.1, 0.15) is 5.69 Å². The largest absolute Gasteiger partial charge is 0.409 e. The maximum absolute atomic E-state index is 8.66. The highest BCUT2D eigenvalue weighted by atomic mass is 16.5. The second kappa shape index (κ2) is 7.92. The van der Waals surface area contributed by atoms with E-state index in [-0.39, 0.29) is 11.9 Å². The van der Waals surface area contributed by atoms with Crippen LogP contribution in [0.5, 0.6) is 0 Å². The molecule has 1 aromatic heterocycles. The molecule has 1 aromatic rings. The molecular weight excluding hydrogens is 270 g/mol. The van der Waals surface area contributed by atoms with Crippen molar-refractivity contribution in [2.75, 3.05) is 32.8 Å². The van der Waals surface area contributed by atoms with Gasteiger partial charge >= 0.3 is 0 Å². The van der Waals surface area contributed by atoms with Crippen molar-refractivity contribution in [2.24, 2.45) is 10.9 Å². The highest BCUT2D eigenvalue weighted by Crippen LogP contribution is 2.05. The van der Waals surface area contributed by atoms with Crippen molar-refractivity contribution in [1.29, 1.82) is 0 Å². The Bertz CT molecular complexity index is 480. The first-order valence-electron chi connectivity index (χ1n) is 7.20. The van der Waals surface area contributed by atoms with Crippen molar-refractivity contribution in [3.05, 3.63) is 29.6 Å². The predicted octanol–water partition coefficient (Wildman–Crippen LogP) is -0.0136. The second-order valence-corrected chi connectivity index (χ2v) is 5.05. The Morgan fingerprint density at radius 1 is 1.67 bits per heavy atom. The van der Waals surface area contributed by atoms with Gasteiger partial charge in [-0.05, 0) is 24.2 Å². The average Bonchev–Trinajstić information content (AvgIpc) is 2.54. The summed E-state index contributed by atoms with van der Waals surface area (Å²) in [5.74, 6) is 0.0195. The molecule has 1 fully saturated rings. The second-order valence-electron chi connectivity index (χ2n) is 5.05. The fourth-order valence-corrected chi connectivity index (χ4v) is 2.34. The van der Waals surface area contributed by atoms with Gasteiger partial charge in [-0.2, -0.15) is 0 Å². The number of rotatable bonds is 6. The van der Waals surface area contributed by atoms with Crippen molar-refractivity contribution in [3.8, 4) is 0 Å². The summed E-state index contributed by atoms with van der Waals surface area (Å²) >= 11 is 0. The molecule has 0 bridgehead atoms. The molecule has 2 heterocycles. The molecular formula is C14H23N5O2. The molecule has 21 heavy (non-hydrogen) atoms. The summed E-state index contributed by atoms with van der Waals surface area (Å²) in [5, 5.41) is 15.0. The molecule has 1 atom stereocenters. The van der Waals surface area contributed by atoms with Gasteiger partial charge in [0.25, 0.3) is 0 Å². The first-order chi connectivity index (χ1) is 10.2. The minimum Gasteiger partial charge on any atom is -0.409 e. The Kier molecular flexibility index (Phi) is 5.91. The Balaban J connectivity index is 1.80. The van der Waals surface area contributed by atoms with Crippen LogP contribution in [0.4, 0.5) is 0 Å². The Labute approximate surface area is 124 Å². The number of aromatic nitrogens is 1. The number of ether oxygens (including phenoxy) is 1. The summed E-state index contributed by atoms with van der Waals surface area (Å²) in [6.07, 6.45) is 1.88. The van der Waals surface area contributed by atoms with E-state index in [1.54, 1.807) is 6.20 Å². The van der Waals surface area contributed by atoms with E-state index in [1.165, 1.54) is 0 Å². The molecule has 0 saturated carbocycles. The van der Waals surface area contributed by atoms with Crippen LogP contribution in [-0.2, 0) is 11.3 Å². The summed E-state index contributed by atoms with van der Waals surface area (Å²) in [6, 6.07) is 3.71. The highest BCUT2D eigenvalue weighted by molar-refractivity contribution is 5.95. The number of hydrogen-bond acceptors (Lipinski definition) is 6. The maximum atomic E-state index is 8.66. The molecule has 7 nitrogen and oxygen atoms in total. The van der Waals surface area contributed by atoms with Gasteiger partial charge in [0.05, 0.1) is 12.7 Å². The van der Waals surface area contributed by atoms with Crippen LogP contribution in [0.15, 0.2) is 23.5 Å². The van der Waals surface area contributed by atoms with Gasteiger partial charge in [0.15, 0.2) is 5.84 Å². The SMILES string of the molecule is CCN1CCOC(CNCc2ccnc(/C(N)=N/O)c2)C1. The molecule has 116 valence electrons. The first kappa shape index (κ1) is 15.7. The van der Waals surface area contributed by atoms with E-state index in [0.717, 1.165) is 38.3 Å². The summed E-state index contributed by atoms with van der Waals surface area (Å²) < 4.78 is 5.74. The third kappa shape index (κ3) is 4.66. The first-order valence-corrected chi connectivity index (χ1v) is 7.20. The quantitative estimate of drug-likeness (QED) is 0.295. The molecule has 4 N–H and O–H groups in total. The Hall–Kier alpha value is -1.70. The molecule has 1 saturated heterocycles. The summed E-state index contributed by atoms with van der Waals surface area (Å²) in [4.78, 5) is 6.44. The van der Waals surface area contributed by atoms with Crippen molar-refractivity contribution in [3.63, 3.8) is 0 Å². The number of hydrogen-bond donors (Lipinski definition) is 3. The standard InChI is InChI=1S/C14H23N5O2/c1-2-19-5-6-21-12(10-19)9-16-8-11-3-4-17-13(7-11)14(15)18-20/h3-4,7,12,16,20H,2,5-6,8-10H2,1H3,(H2,15,18). The van der Waals surface area contributed by atoms with Gasteiger partial charge < -0.3 is 21.0 Å². The lowest BCUT2D eigenvalue weighted by Crippen LogP contribution is -2.46. The normalized spacial score (nSPS) is 20.6. The van der Waals surface area contributed by atoms with Gasteiger partial charge in [-0.25, -0.2) is 0 Å². The number of likely N-dealkylation sites (N-methyl/N-ethyl adjacent to an activating group) is 1. The van der Waals surface area contributed by atoms with Crippen LogP contribution in [0.1, 0.15) is 18.2 Å². The van der Waals surface area contributed by atoms with Crippen LogP contribution in [-0.4, -0.2) is 59.8 Å². The third-order valence-electron chi connectivity index (χ3n) is 3.57. The number of nitrogens with zero attached hydrogens (tertiary/aromatic N) is 3. The van der Waals surface area contributed by atoms with Crippen molar-refractivity contribution < 1.29 is 9.94 Å². The number of morpholine rings is 1. The fraction of sp³-hybridized carbons (Fsp3) is 0.571. The molecule has 0 amide bonds. The maximum Gasteiger partial charge on any atom is 0.188 e. The van der Waals surface area contributed by atoms with Crippen molar-refractivity contribution >= 4 is 5.84 Å². The van der Waals surface area contributed by atoms with E-state index in [4.69, 9.17) is 15.7 Å². The van der Waals surface area contributed by atoms with Gasteiger partial charge in [-0.15, -0.1) is 0 Å². The van der Waals surface area contributed by atoms with Crippen LogP contribution < -0.4 is 11.1 Å². The summed E-state index contributed by atoms with van der Waals surface area (Å²) in [6.45, 7) is 7.51. The zero-order valence-electron chi connectivity index (χ0n) is 12.3. The van der Waals surface area contributed by atoms with Gasteiger partial charge in [0.2, 0.25) is 0 Å². The minimum absolute atomic E-state index is 0.0195. The number of amidine groups is 1. The molecule has 0 radical (unpaired) electrons. The predicted molar refractivity (Wildman–Crippen MR) is 80.3 cm³/mol. The molecule has 2 rings (SSSR count). The van der Waals surface area contributed by atoms with E-state index in [0.29, 0.717) is 12.2 Å². The highest BCUT2D eigenvalue weighted by Gasteiger charge is 2.18. The fourth-order valence-electron chi connectivity index (χ4n) is 2.34. The van der Waals surface area contributed by atoms with Crippen molar-refractivity contribution in [1.82, 2.24) is 15.2 Å². The molecule has 7 heteroatoms. The van der Waals surface area contributed by atoms with E-state index >= 15 is 0 Å². The third-order valence-corrected chi connectivity index (χ3v) is 3.57. The summed E-state index contributed by atoms with van der Waals surface area (Å²) in [5.41, 5.74) is 7.04. The summed E-state index contributed by atoms with van der Waals surface area (Å²) in [7, 11) is 0. The number of oxime groups is 1. The smallest absolute Gasteiger partial charge is 0.188 e. The number of pyridine rings is 1. The van der Waals surface area contributed by atoms with E-state index in [2.05, 4.69) is 27.3 Å². The monoisotopic (exact) mass is 293 g/mol. The lowest BCUT2D eigenvalue weighted by Gasteiger charge is -2.32. The average molecular weight is 293 g/mol. The van der Waals surface area contributed by atoms with E-state index < -0.39 is 0 Å². The van der Waals surface area contributed by atoms with Crippen LogP contribution in [0.25, 0.3) is 0 Å². The minimum atomic E-state index is 0.0195. The topological polar surface area (TPSA) is 96.0 Å². The molecule has 1 unspecified atom stereocenters. The lowest BCUT2D eigenvalue weighted by molar-refractivity contribution is -0.0253. The molecule has 1 aliphatic heterocycles.